The highest BCUT2D eigenvalue weighted by Crippen LogP contribution is 2.33. The van der Waals surface area contributed by atoms with Crippen LogP contribution >= 0.6 is 11.3 Å². The number of fused-ring (bicyclic) bond motifs is 1. The van der Waals surface area contributed by atoms with E-state index in [2.05, 4.69) is 10.3 Å². The average Bonchev–Trinajstić information content (AvgIpc) is 3.03. The van der Waals surface area contributed by atoms with Crippen molar-refractivity contribution in [2.24, 2.45) is 0 Å². The Balaban J connectivity index is 1.57. The van der Waals surface area contributed by atoms with Crippen LogP contribution in [0.2, 0.25) is 0 Å². The number of aromatic nitrogens is 1. The molecule has 1 aliphatic rings. The van der Waals surface area contributed by atoms with E-state index in [1.807, 2.05) is 24.3 Å². The maximum absolute atomic E-state index is 12.4. The van der Waals surface area contributed by atoms with Gasteiger partial charge in [0.15, 0.2) is 5.69 Å². The number of thiazole rings is 1. The summed E-state index contributed by atoms with van der Waals surface area (Å²) >= 11 is 1.29. The van der Waals surface area contributed by atoms with Gasteiger partial charge >= 0.3 is 5.97 Å². The number of benzene rings is 1. The van der Waals surface area contributed by atoms with Gasteiger partial charge in [-0.1, -0.05) is 18.2 Å². The van der Waals surface area contributed by atoms with Crippen LogP contribution in [0.4, 0.5) is 0 Å². The van der Waals surface area contributed by atoms with E-state index in [9.17, 15) is 9.59 Å². The van der Waals surface area contributed by atoms with Gasteiger partial charge in [0.2, 0.25) is 5.91 Å². The van der Waals surface area contributed by atoms with Gasteiger partial charge in [0.25, 0.3) is 0 Å². The van der Waals surface area contributed by atoms with Crippen molar-refractivity contribution in [1.82, 2.24) is 10.3 Å². The van der Waals surface area contributed by atoms with Crippen LogP contribution in [0, 0.1) is 0 Å². The monoisotopic (exact) mass is 332 g/mol. The quantitative estimate of drug-likeness (QED) is 0.875. The lowest BCUT2D eigenvalue weighted by molar-refractivity contribution is -0.123. The van der Waals surface area contributed by atoms with Crippen molar-refractivity contribution in [2.45, 2.75) is 18.8 Å². The molecule has 0 saturated heterocycles. The summed E-state index contributed by atoms with van der Waals surface area (Å²) in [6.07, 6.45) is 1.18. The molecule has 0 fully saturated rings. The molecule has 1 aliphatic heterocycles. The maximum atomic E-state index is 12.4. The average molecular weight is 332 g/mol. The van der Waals surface area contributed by atoms with Crippen LogP contribution in [0.5, 0.6) is 5.75 Å². The van der Waals surface area contributed by atoms with Gasteiger partial charge in [-0.2, -0.15) is 0 Å². The highest BCUT2D eigenvalue weighted by Gasteiger charge is 2.27. The molecule has 2 N–H and O–H groups in total. The largest absolute Gasteiger partial charge is 0.493 e. The van der Waals surface area contributed by atoms with Gasteiger partial charge < -0.3 is 15.2 Å². The fourth-order valence-electron chi connectivity index (χ4n) is 2.55. The van der Waals surface area contributed by atoms with Crippen LogP contribution in [0.15, 0.2) is 29.6 Å². The third-order valence-corrected chi connectivity index (χ3v) is 4.59. The Morgan fingerprint density at radius 1 is 1.39 bits per heavy atom. The molecule has 0 saturated carbocycles. The second-order valence-corrected chi connectivity index (χ2v) is 6.14. The Bertz CT molecular complexity index is 728. The topological polar surface area (TPSA) is 88.5 Å². The summed E-state index contributed by atoms with van der Waals surface area (Å²) in [5.74, 6) is -0.498. The van der Waals surface area contributed by atoms with Gasteiger partial charge in [0, 0.05) is 23.9 Å². The van der Waals surface area contributed by atoms with Crippen molar-refractivity contribution in [1.29, 1.82) is 0 Å². The molecule has 120 valence electrons. The number of amides is 1. The van der Waals surface area contributed by atoms with E-state index >= 15 is 0 Å². The van der Waals surface area contributed by atoms with E-state index in [4.69, 9.17) is 9.84 Å². The molecule has 1 amide bonds. The van der Waals surface area contributed by atoms with Crippen LogP contribution in [0.25, 0.3) is 0 Å². The van der Waals surface area contributed by atoms with Gasteiger partial charge in [-0.3, -0.25) is 4.79 Å². The number of carbonyl (C=O) groups excluding carboxylic acids is 1. The van der Waals surface area contributed by atoms with Gasteiger partial charge in [0.05, 0.1) is 17.5 Å². The standard InChI is InChI=1S/C16H16N2O4S/c19-15(11-6-8-22-13-4-2-1-3-10(11)13)17-7-5-14-18-12(9-23-14)16(20)21/h1-4,9,11H,5-8H2,(H,17,19)(H,20,21)/t11-/m1/s1. The lowest BCUT2D eigenvalue weighted by atomic mass is 9.92. The third-order valence-electron chi connectivity index (χ3n) is 3.68. The lowest BCUT2D eigenvalue weighted by Crippen LogP contribution is -2.33. The molecule has 2 heterocycles. The molecular weight excluding hydrogens is 316 g/mol. The smallest absolute Gasteiger partial charge is 0.355 e. The molecule has 3 rings (SSSR count). The summed E-state index contributed by atoms with van der Waals surface area (Å²) in [5.41, 5.74) is 0.966. The minimum atomic E-state index is -1.03. The number of rotatable bonds is 5. The van der Waals surface area contributed by atoms with Crippen molar-refractivity contribution in [2.75, 3.05) is 13.2 Å². The SMILES string of the molecule is O=C(O)c1csc(CCNC(=O)[C@@H]2CCOc3ccccc32)n1. The lowest BCUT2D eigenvalue weighted by Gasteiger charge is -2.25. The molecule has 7 heteroatoms. The normalized spacial score (nSPS) is 16.3. The number of carbonyl (C=O) groups is 2. The molecule has 0 bridgehead atoms. The van der Waals surface area contributed by atoms with Crippen LogP contribution in [0.3, 0.4) is 0 Å². The van der Waals surface area contributed by atoms with Crippen LogP contribution in [-0.2, 0) is 11.2 Å². The van der Waals surface area contributed by atoms with Crippen molar-refractivity contribution < 1.29 is 19.4 Å². The summed E-state index contributed by atoms with van der Waals surface area (Å²) in [5, 5.41) is 14.0. The summed E-state index contributed by atoms with van der Waals surface area (Å²) in [4.78, 5) is 27.2. The minimum Gasteiger partial charge on any atom is -0.493 e. The molecule has 0 spiro atoms. The van der Waals surface area contributed by atoms with Crippen molar-refractivity contribution >= 4 is 23.2 Å². The van der Waals surface area contributed by atoms with E-state index in [1.54, 1.807) is 0 Å². The van der Waals surface area contributed by atoms with E-state index in [1.165, 1.54) is 16.7 Å². The fraction of sp³-hybridized carbons (Fsp3) is 0.312. The Morgan fingerprint density at radius 2 is 2.22 bits per heavy atom. The van der Waals surface area contributed by atoms with Gasteiger partial charge in [-0.25, -0.2) is 9.78 Å². The Labute approximate surface area is 137 Å². The number of carboxylic acid groups (broad SMARTS) is 1. The Morgan fingerprint density at radius 3 is 3.00 bits per heavy atom. The zero-order valence-electron chi connectivity index (χ0n) is 12.3. The van der Waals surface area contributed by atoms with E-state index < -0.39 is 5.97 Å². The van der Waals surface area contributed by atoms with Crippen LogP contribution < -0.4 is 10.1 Å². The van der Waals surface area contributed by atoms with Gasteiger partial charge in [-0.15, -0.1) is 11.3 Å². The number of aromatic carboxylic acids is 1. The number of hydrogen-bond donors (Lipinski definition) is 2. The molecule has 2 aromatic rings. The van der Waals surface area contributed by atoms with Gasteiger partial charge in [-0.05, 0) is 12.5 Å². The first kappa shape index (κ1) is 15.5. The zero-order valence-corrected chi connectivity index (χ0v) is 13.1. The molecule has 6 nitrogen and oxygen atoms in total. The zero-order chi connectivity index (χ0) is 16.2. The predicted molar refractivity (Wildman–Crippen MR) is 85.1 cm³/mol. The molecular formula is C16H16N2O4S. The molecule has 1 aromatic carbocycles. The van der Waals surface area contributed by atoms with E-state index in [0.29, 0.717) is 31.0 Å². The highest BCUT2D eigenvalue weighted by molar-refractivity contribution is 7.09. The maximum Gasteiger partial charge on any atom is 0.355 e. The van der Waals surface area contributed by atoms with Crippen LogP contribution in [-0.4, -0.2) is 35.1 Å². The molecule has 1 aromatic heterocycles. The van der Waals surface area contributed by atoms with Crippen molar-refractivity contribution in [3.8, 4) is 5.75 Å². The fourth-order valence-corrected chi connectivity index (χ4v) is 3.33. The number of para-hydroxylation sites is 1. The van der Waals surface area contributed by atoms with Gasteiger partial charge in [0.1, 0.15) is 5.75 Å². The molecule has 0 unspecified atom stereocenters. The number of carboxylic acids is 1. The molecule has 0 aliphatic carbocycles. The summed E-state index contributed by atoms with van der Waals surface area (Å²) < 4.78 is 5.56. The number of hydrogen-bond acceptors (Lipinski definition) is 5. The minimum absolute atomic E-state index is 0.0317. The van der Waals surface area contributed by atoms with Crippen molar-refractivity contribution in [3.63, 3.8) is 0 Å². The van der Waals surface area contributed by atoms with E-state index in [-0.39, 0.29) is 17.5 Å². The first-order chi connectivity index (χ1) is 11.1. The van der Waals surface area contributed by atoms with Crippen molar-refractivity contribution in [3.05, 3.63) is 45.9 Å². The first-order valence-corrected chi connectivity index (χ1v) is 8.20. The third kappa shape index (κ3) is 3.50. The molecule has 0 radical (unpaired) electrons. The highest BCUT2D eigenvalue weighted by atomic mass is 32.1. The van der Waals surface area contributed by atoms with E-state index in [0.717, 1.165) is 11.3 Å². The number of nitrogens with one attached hydrogen (secondary N) is 1. The first-order valence-electron chi connectivity index (χ1n) is 7.32. The number of nitrogens with zero attached hydrogens (tertiary/aromatic N) is 1. The second kappa shape index (κ2) is 6.78. The number of ether oxygens (including phenoxy) is 1. The summed E-state index contributed by atoms with van der Waals surface area (Å²) in [7, 11) is 0. The molecule has 1 atom stereocenters. The summed E-state index contributed by atoms with van der Waals surface area (Å²) in [6.45, 7) is 0.967. The second-order valence-electron chi connectivity index (χ2n) is 5.20. The predicted octanol–water partition coefficient (Wildman–Crippen LogP) is 2.07. The Kier molecular flexibility index (Phi) is 4.57. The van der Waals surface area contributed by atoms with Crippen LogP contribution in [0.1, 0.15) is 33.4 Å². The summed E-state index contributed by atoms with van der Waals surface area (Å²) in [6, 6.07) is 7.58. The molecule has 23 heavy (non-hydrogen) atoms. The Hall–Kier alpha value is -2.41.